The summed E-state index contributed by atoms with van der Waals surface area (Å²) in [5, 5.41) is 6.33. The monoisotopic (exact) mass is 444 g/mol. The van der Waals surface area contributed by atoms with Gasteiger partial charge in [-0.1, -0.05) is 59.6 Å². The van der Waals surface area contributed by atoms with Crippen molar-refractivity contribution in [1.82, 2.24) is 0 Å². The van der Waals surface area contributed by atoms with Crippen molar-refractivity contribution in [2.24, 2.45) is 0 Å². The first kappa shape index (κ1) is 21.2. The van der Waals surface area contributed by atoms with Crippen LogP contribution < -0.4 is 10.6 Å². The Balaban J connectivity index is 1.48. The molecule has 0 spiro atoms. The summed E-state index contributed by atoms with van der Waals surface area (Å²) in [6, 6.07) is 22.0. The van der Waals surface area contributed by atoms with Crippen molar-refractivity contribution in [2.45, 2.75) is 11.3 Å². The van der Waals surface area contributed by atoms with Crippen LogP contribution in [0.1, 0.15) is 5.56 Å². The minimum atomic E-state index is -0.181. The van der Waals surface area contributed by atoms with Gasteiger partial charge in [-0.15, -0.1) is 11.8 Å². The number of anilines is 2. The topological polar surface area (TPSA) is 58.2 Å². The predicted molar refractivity (Wildman–Crippen MR) is 121 cm³/mol. The molecule has 0 bridgehead atoms. The molecule has 2 N–H and O–H groups in total. The van der Waals surface area contributed by atoms with E-state index >= 15 is 0 Å². The molecule has 3 rings (SSSR count). The standard InChI is InChI=1S/C22H18Cl2N2O2S/c23-18-7-4-8-19(22(18)24)26-21(28)14-29-17-11-9-16(10-12-17)25-20(27)13-15-5-2-1-3-6-15/h1-12H,13-14H2,(H,25,27)(H,26,28). The first-order valence-electron chi connectivity index (χ1n) is 8.82. The molecule has 29 heavy (non-hydrogen) atoms. The lowest BCUT2D eigenvalue weighted by Crippen LogP contribution is -2.14. The Kier molecular flexibility index (Phi) is 7.58. The average Bonchev–Trinajstić information content (AvgIpc) is 2.71. The highest BCUT2D eigenvalue weighted by Gasteiger charge is 2.09. The summed E-state index contributed by atoms with van der Waals surface area (Å²) in [6.45, 7) is 0. The van der Waals surface area contributed by atoms with Gasteiger partial charge in [-0.3, -0.25) is 9.59 Å². The first-order chi connectivity index (χ1) is 14.0. The fourth-order valence-electron chi connectivity index (χ4n) is 2.56. The summed E-state index contributed by atoms with van der Waals surface area (Å²) < 4.78 is 0. The highest BCUT2D eigenvalue weighted by Crippen LogP contribution is 2.30. The fourth-order valence-corrected chi connectivity index (χ4v) is 3.60. The second-order valence-electron chi connectivity index (χ2n) is 6.17. The summed E-state index contributed by atoms with van der Waals surface area (Å²) in [4.78, 5) is 25.2. The number of nitrogens with one attached hydrogen (secondary N) is 2. The molecule has 0 atom stereocenters. The lowest BCUT2D eigenvalue weighted by atomic mass is 10.1. The number of hydrogen-bond donors (Lipinski definition) is 2. The van der Waals surface area contributed by atoms with E-state index in [1.807, 2.05) is 54.6 Å². The molecule has 7 heteroatoms. The van der Waals surface area contributed by atoms with Gasteiger partial charge in [-0.05, 0) is 42.0 Å². The zero-order valence-corrected chi connectivity index (χ0v) is 17.7. The molecule has 0 saturated carbocycles. The summed E-state index contributed by atoms with van der Waals surface area (Å²) in [7, 11) is 0. The number of hydrogen-bond acceptors (Lipinski definition) is 3. The molecule has 0 aliphatic rings. The van der Waals surface area contributed by atoms with Gasteiger partial charge in [0.1, 0.15) is 0 Å². The maximum Gasteiger partial charge on any atom is 0.234 e. The van der Waals surface area contributed by atoms with Crippen LogP contribution in [0.2, 0.25) is 10.0 Å². The van der Waals surface area contributed by atoms with Crippen LogP contribution in [-0.2, 0) is 16.0 Å². The number of thioether (sulfide) groups is 1. The maximum absolute atomic E-state index is 12.1. The molecule has 148 valence electrons. The second kappa shape index (κ2) is 10.3. The first-order valence-corrected chi connectivity index (χ1v) is 10.6. The molecule has 0 aliphatic carbocycles. The van der Waals surface area contributed by atoms with Crippen molar-refractivity contribution >= 4 is 58.2 Å². The Bertz CT molecular complexity index is 995. The third-order valence-corrected chi connectivity index (χ3v) is 5.77. The maximum atomic E-state index is 12.1. The zero-order chi connectivity index (χ0) is 20.6. The van der Waals surface area contributed by atoms with Crippen LogP contribution in [-0.4, -0.2) is 17.6 Å². The van der Waals surface area contributed by atoms with Crippen LogP contribution in [0.25, 0.3) is 0 Å². The Hall–Kier alpha value is -2.47. The Labute approximate surface area is 183 Å². The highest BCUT2D eigenvalue weighted by molar-refractivity contribution is 8.00. The quantitative estimate of drug-likeness (QED) is 0.445. The van der Waals surface area contributed by atoms with E-state index in [1.165, 1.54) is 11.8 Å². The van der Waals surface area contributed by atoms with E-state index < -0.39 is 0 Å². The Morgan fingerprint density at radius 3 is 2.24 bits per heavy atom. The van der Waals surface area contributed by atoms with Gasteiger partial charge in [-0.2, -0.15) is 0 Å². The molecule has 0 saturated heterocycles. The zero-order valence-electron chi connectivity index (χ0n) is 15.3. The van der Waals surface area contributed by atoms with Crippen molar-refractivity contribution in [3.63, 3.8) is 0 Å². The van der Waals surface area contributed by atoms with Crippen LogP contribution in [0.5, 0.6) is 0 Å². The highest BCUT2D eigenvalue weighted by atomic mass is 35.5. The molecule has 3 aromatic rings. The Morgan fingerprint density at radius 2 is 1.52 bits per heavy atom. The molecular weight excluding hydrogens is 427 g/mol. The van der Waals surface area contributed by atoms with E-state index in [0.29, 0.717) is 27.8 Å². The number of carbonyl (C=O) groups excluding carboxylic acids is 2. The molecule has 2 amide bonds. The van der Waals surface area contributed by atoms with Gasteiger partial charge in [0.05, 0.1) is 27.9 Å². The van der Waals surface area contributed by atoms with Crippen molar-refractivity contribution in [2.75, 3.05) is 16.4 Å². The smallest absolute Gasteiger partial charge is 0.234 e. The van der Waals surface area contributed by atoms with Gasteiger partial charge in [0.2, 0.25) is 11.8 Å². The van der Waals surface area contributed by atoms with E-state index in [-0.39, 0.29) is 17.6 Å². The minimum absolute atomic E-state index is 0.0746. The molecular formula is C22H18Cl2N2O2S. The second-order valence-corrected chi connectivity index (χ2v) is 8.01. The molecule has 0 radical (unpaired) electrons. The van der Waals surface area contributed by atoms with Crippen LogP contribution in [0.4, 0.5) is 11.4 Å². The van der Waals surface area contributed by atoms with E-state index in [9.17, 15) is 9.59 Å². The van der Waals surface area contributed by atoms with Crippen LogP contribution >= 0.6 is 35.0 Å². The lowest BCUT2D eigenvalue weighted by Gasteiger charge is -2.09. The molecule has 4 nitrogen and oxygen atoms in total. The SMILES string of the molecule is O=C(Cc1ccccc1)Nc1ccc(SCC(=O)Nc2cccc(Cl)c2Cl)cc1. The Morgan fingerprint density at radius 1 is 0.793 bits per heavy atom. The summed E-state index contributed by atoms with van der Waals surface area (Å²) >= 11 is 13.4. The largest absolute Gasteiger partial charge is 0.326 e. The lowest BCUT2D eigenvalue weighted by molar-refractivity contribution is -0.115. The number of amides is 2. The number of carbonyl (C=O) groups is 2. The van der Waals surface area contributed by atoms with E-state index in [4.69, 9.17) is 23.2 Å². The van der Waals surface area contributed by atoms with E-state index in [2.05, 4.69) is 10.6 Å². The van der Waals surface area contributed by atoms with Gasteiger partial charge in [0.15, 0.2) is 0 Å². The molecule has 0 aliphatic heterocycles. The van der Waals surface area contributed by atoms with E-state index in [1.54, 1.807) is 18.2 Å². The average molecular weight is 445 g/mol. The number of halogens is 2. The van der Waals surface area contributed by atoms with E-state index in [0.717, 1.165) is 10.5 Å². The van der Waals surface area contributed by atoms with Gasteiger partial charge in [0, 0.05) is 10.6 Å². The van der Waals surface area contributed by atoms with Crippen molar-refractivity contribution in [3.8, 4) is 0 Å². The molecule has 0 fully saturated rings. The van der Waals surface area contributed by atoms with Gasteiger partial charge in [-0.25, -0.2) is 0 Å². The molecule has 0 unspecified atom stereocenters. The number of benzene rings is 3. The van der Waals surface area contributed by atoms with Crippen molar-refractivity contribution in [3.05, 3.63) is 88.4 Å². The minimum Gasteiger partial charge on any atom is -0.326 e. The van der Waals surface area contributed by atoms with Crippen molar-refractivity contribution in [1.29, 1.82) is 0 Å². The van der Waals surface area contributed by atoms with Gasteiger partial charge < -0.3 is 10.6 Å². The number of rotatable bonds is 7. The summed E-state index contributed by atoms with van der Waals surface area (Å²) in [5.41, 5.74) is 2.16. The fraction of sp³-hybridized carbons (Fsp3) is 0.0909. The van der Waals surface area contributed by atoms with Crippen LogP contribution in [0.3, 0.4) is 0 Å². The molecule has 3 aromatic carbocycles. The normalized spacial score (nSPS) is 10.4. The van der Waals surface area contributed by atoms with Crippen LogP contribution in [0.15, 0.2) is 77.7 Å². The molecule has 0 aromatic heterocycles. The summed E-state index contributed by atoms with van der Waals surface area (Å²) in [6.07, 6.45) is 0.323. The van der Waals surface area contributed by atoms with Gasteiger partial charge in [0.25, 0.3) is 0 Å². The predicted octanol–water partition coefficient (Wildman–Crippen LogP) is 5.91. The third-order valence-electron chi connectivity index (χ3n) is 3.94. The van der Waals surface area contributed by atoms with Crippen molar-refractivity contribution < 1.29 is 9.59 Å². The summed E-state index contributed by atoms with van der Waals surface area (Å²) in [5.74, 6) is -0.0310. The molecule has 0 heterocycles. The van der Waals surface area contributed by atoms with Crippen LogP contribution in [0, 0.1) is 0 Å². The van der Waals surface area contributed by atoms with Gasteiger partial charge >= 0.3 is 0 Å². The third kappa shape index (κ3) is 6.53.